The summed E-state index contributed by atoms with van der Waals surface area (Å²) in [5, 5.41) is 17.0. The van der Waals surface area contributed by atoms with E-state index < -0.39 is 21.5 Å². The van der Waals surface area contributed by atoms with Gasteiger partial charge in [-0.3, -0.25) is 4.79 Å². The fraction of sp³-hybridized carbons (Fsp3) is 0.269. The second-order valence-electron chi connectivity index (χ2n) is 8.84. The Hall–Kier alpha value is -3.24. The molecule has 5 rings (SSSR count). The molecule has 8 nitrogen and oxygen atoms in total. The van der Waals surface area contributed by atoms with Gasteiger partial charge in [-0.15, -0.1) is 0 Å². The normalized spacial score (nSPS) is 21.2. The van der Waals surface area contributed by atoms with Crippen molar-refractivity contribution in [3.8, 4) is 0 Å². The molecule has 0 aliphatic carbocycles. The number of carbonyl (C=O) groups is 1. The number of ether oxygens (including phenoxy) is 1. The summed E-state index contributed by atoms with van der Waals surface area (Å²) in [5.74, 6) is -0.494. The molecule has 182 valence electrons. The number of hydrogen-bond donors (Lipinski definition) is 2. The van der Waals surface area contributed by atoms with Gasteiger partial charge >= 0.3 is 0 Å². The third-order valence-electron chi connectivity index (χ3n) is 6.82. The minimum Gasteiger partial charge on any atom is -0.378 e. The van der Waals surface area contributed by atoms with Crippen LogP contribution in [0.25, 0.3) is 0 Å². The van der Waals surface area contributed by atoms with Gasteiger partial charge in [-0.25, -0.2) is 13.6 Å². The number of nitrogens with zero attached hydrogens (tertiary/aromatic N) is 2. The highest BCUT2D eigenvalue weighted by atomic mass is 32.2. The van der Waals surface area contributed by atoms with Crippen LogP contribution in [0.4, 0.5) is 11.4 Å². The third kappa shape index (κ3) is 4.00. The highest BCUT2D eigenvalue weighted by molar-refractivity contribution is 7.89. The number of carbonyl (C=O) groups excluding carboxylic acids is 1. The summed E-state index contributed by atoms with van der Waals surface area (Å²) < 4.78 is 28.8. The van der Waals surface area contributed by atoms with Crippen molar-refractivity contribution in [2.24, 2.45) is 5.14 Å². The Morgan fingerprint density at radius 3 is 2.23 bits per heavy atom. The van der Waals surface area contributed by atoms with Crippen molar-refractivity contribution in [2.45, 2.75) is 23.5 Å². The molecule has 0 saturated carbocycles. The molecule has 0 aromatic heterocycles. The van der Waals surface area contributed by atoms with E-state index in [9.17, 15) is 18.3 Å². The lowest BCUT2D eigenvalue weighted by Gasteiger charge is -2.30. The van der Waals surface area contributed by atoms with Gasteiger partial charge in [-0.1, -0.05) is 42.5 Å². The molecular formula is C26H27N3O5S. The summed E-state index contributed by atoms with van der Waals surface area (Å²) in [6, 6.07) is 20.3. The number of nitrogens with two attached hydrogens (primary N) is 1. The van der Waals surface area contributed by atoms with Crippen LogP contribution in [0, 0.1) is 0 Å². The fourth-order valence-corrected chi connectivity index (χ4v) is 5.39. The lowest BCUT2D eigenvalue weighted by atomic mass is 9.87. The average Bonchev–Trinajstić information content (AvgIpc) is 3.11. The first-order valence-corrected chi connectivity index (χ1v) is 13.0. The Balaban J connectivity index is 1.49. The van der Waals surface area contributed by atoms with E-state index in [0.29, 0.717) is 24.5 Å². The van der Waals surface area contributed by atoms with Gasteiger partial charge in [0, 0.05) is 24.3 Å². The summed E-state index contributed by atoms with van der Waals surface area (Å²) in [7, 11) is -3.90. The van der Waals surface area contributed by atoms with E-state index in [-0.39, 0.29) is 16.5 Å². The molecule has 35 heavy (non-hydrogen) atoms. The predicted octanol–water partition coefficient (Wildman–Crippen LogP) is 2.51. The minimum absolute atomic E-state index is 0.0887. The first-order chi connectivity index (χ1) is 16.7. The molecular weight excluding hydrogens is 466 g/mol. The molecule has 1 fully saturated rings. The highest BCUT2D eigenvalue weighted by Crippen LogP contribution is 2.47. The van der Waals surface area contributed by atoms with Crippen LogP contribution in [0.2, 0.25) is 0 Å². The molecule has 3 aromatic carbocycles. The number of rotatable bonds is 5. The minimum atomic E-state index is -3.90. The summed E-state index contributed by atoms with van der Waals surface area (Å²) in [4.78, 5) is 17.6. The van der Waals surface area contributed by atoms with Crippen molar-refractivity contribution in [3.63, 3.8) is 0 Å². The number of aliphatic hydroxyl groups is 1. The van der Waals surface area contributed by atoms with Crippen LogP contribution in [-0.2, 0) is 25.2 Å². The van der Waals surface area contributed by atoms with Crippen LogP contribution in [0.5, 0.6) is 0 Å². The fourth-order valence-electron chi connectivity index (χ4n) is 4.87. The number of sulfonamides is 1. The number of para-hydroxylation sites is 1. The Morgan fingerprint density at radius 2 is 1.60 bits per heavy atom. The van der Waals surface area contributed by atoms with Crippen LogP contribution in [0.1, 0.15) is 29.7 Å². The summed E-state index contributed by atoms with van der Waals surface area (Å²) >= 11 is 0. The van der Waals surface area contributed by atoms with Gasteiger partial charge in [-0.05, 0) is 48.4 Å². The molecule has 2 atom stereocenters. The lowest BCUT2D eigenvalue weighted by molar-refractivity contribution is -0.132. The molecule has 9 heteroatoms. The summed E-state index contributed by atoms with van der Waals surface area (Å²) in [6.45, 7) is 5.00. The molecule has 2 aliphatic rings. The van der Waals surface area contributed by atoms with Gasteiger partial charge in [-0.2, -0.15) is 0 Å². The number of morpholine rings is 1. The van der Waals surface area contributed by atoms with Crippen LogP contribution in [0.3, 0.4) is 0 Å². The third-order valence-corrected chi connectivity index (χ3v) is 7.75. The largest absolute Gasteiger partial charge is 0.378 e. The second-order valence-corrected chi connectivity index (χ2v) is 10.4. The SMILES string of the molecule is CC(c1ccc(N2CCOCC2)cc1)N1C(=O)C(O)(c2ccc(S(N)(=O)=O)cc2)c2ccccc21. The molecule has 1 saturated heterocycles. The van der Waals surface area contributed by atoms with Crippen LogP contribution >= 0.6 is 0 Å². The van der Waals surface area contributed by atoms with Crippen molar-refractivity contribution < 1.29 is 23.1 Å². The average molecular weight is 494 g/mol. The maximum Gasteiger partial charge on any atom is 0.269 e. The molecule has 3 N–H and O–H groups in total. The number of fused-ring (bicyclic) bond motifs is 1. The second kappa shape index (κ2) is 8.76. The number of benzene rings is 3. The summed E-state index contributed by atoms with van der Waals surface area (Å²) in [6.07, 6.45) is 0. The first kappa shape index (κ1) is 23.5. The van der Waals surface area contributed by atoms with Crippen molar-refractivity contribution in [1.29, 1.82) is 0 Å². The zero-order valence-corrected chi connectivity index (χ0v) is 20.1. The molecule has 2 aliphatic heterocycles. The molecule has 0 radical (unpaired) electrons. The molecule has 0 spiro atoms. The monoisotopic (exact) mass is 493 g/mol. The Labute approximate surface area is 204 Å². The Bertz CT molecular complexity index is 1350. The zero-order valence-electron chi connectivity index (χ0n) is 19.3. The van der Waals surface area contributed by atoms with Crippen molar-refractivity contribution in [1.82, 2.24) is 0 Å². The molecule has 3 aromatic rings. The number of amides is 1. The van der Waals surface area contributed by atoms with E-state index in [1.807, 2.05) is 43.3 Å². The number of hydrogen-bond acceptors (Lipinski definition) is 6. The van der Waals surface area contributed by atoms with Crippen molar-refractivity contribution >= 4 is 27.3 Å². The van der Waals surface area contributed by atoms with Gasteiger partial charge in [0.2, 0.25) is 10.0 Å². The zero-order chi connectivity index (χ0) is 24.8. The summed E-state index contributed by atoms with van der Waals surface area (Å²) in [5.41, 5.74) is 1.42. The standard InChI is InChI=1S/C26H27N3O5S/c1-18(19-6-10-21(11-7-19)28-14-16-34-17-15-28)29-24-5-3-2-4-23(24)26(31,25(29)30)20-8-12-22(13-9-20)35(27,32)33/h2-13,18,31H,14-17H2,1H3,(H2,27,32,33). The van der Waals surface area contributed by atoms with Gasteiger partial charge in [0.25, 0.3) is 5.91 Å². The Morgan fingerprint density at radius 1 is 0.971 bits per heavy atom. The van der Waals surface area contributed by atoms with Gasteiger partial charge in [0.1, 0.15) is 0 Å². The van der Waals surface area contributed by atoms with Crippen molar-refractivity contribution in [3.05, 3.63) is 89.5 Å². The Kier molecular flexibility index (Phi) is 5.88. The van der Waals surface area contributed by atoms with E-state index in [2.05, 4.69) is 4.90 Å². The first-order valence-electron chi connectivity index (χ1n) is 11.4. The smallest absolute Gasteiger partial charge is 0.269 e. The van der Waals surface area contributed by atoms with E-state index >= 15 is 0 Å². The highest BCUT2D eigenvalue weighted by Gasteiger charge is 2.52. The predicted molar refractivity (Wildman–Crippen MR) is 133 cm³/mol. The lowest BCUT2D eigenvalue weighted by Crippen LogP contribution is -2.42. The molecule has 1 amide bonds. The van der Waals surface area contributed by atoms with E-state index in [1.54, 1.807) is 17.0 Å². The van der Waals surface area contributed by atoms with Crippen LogP contribution in [-0.4, -0.2) is 45.7 Å². The maximum absolute atomic E-state index is 13.8. The molecule has 2 heterocycles. The van der Waals surface area contributed by atoms with Crippen LogP contribution in [0.15, 0.2) is 77.7 Å². The quantitative estimate of drug-likeness (QED) is 0.565. The maximum atomic E-state index is 13.8. The van der Waals surface area contributed by atoms with Crippen molar-refractivity contribution in [2.75, 3.05) is 36.1 Å². The van der Waals surface area contributed by atoms with Gasteiger partial charge in [0.05, 0.1) is 29.8 Å². The van der Waals surface area contributed by atoms with Gasteiger partial charge < -0.3 is 19.6 Å². The van der Waals surface area contributed by atoms with E-state index in [4.69, 9.17) is 9.88 Å². The molecule has 2 unspecified atom stereocenters. The number of anilines is 2. The van der Waals surface area contributed by atoms with Crippen LogP contribution < -0.4 is 14.9 Å². The van der Waals surface area contributed by atoms with E-state index in [1.165, 1.54) is 24.3 Å². The number of primary sulfonamides is 1. The molecule has 0 bridgehead atoms. The topological polar surface area (TPSA) is 113 Å². The van der Waals surface area contributed by atoms with Gasteiger partial charge in [0.15, 0.2) is 5.60 Å². The van der Waals surface area contributed by atoms with E-state index in [0.717, 1.165) is 24.3 Å².